The van der Waals surface area contributed by atoms with Gasteiger partial charge in [0.05, 0.1) is 28.4 Å². The van der Waals surface area contributed by atoms with Gasteiger partial charge in [0.25, 0.3) is 5.91 Å². The van der Waals surface area contributed by atoms with E-state index in [1.54, 1.807) is 4.68 Å². The molecule has 27 heavy (non-hydrogen) atoms. The zero-order chi connectivity index (χ0) is 19.2. The molecule has 0 aliphatic rings. The number of halogens is 1. The summed E-state index contributed by atoms with van der Waals surface area (Å²) in [6.45, 7) is 3.75. The summed E-state index contributed by atoms with van der Waals surface area (Å²) in [5.74, 6) is -0.177. The first-order valence-electron chi connectivity index (χ1n) is 8.41. The van der Waals surface area contributed by atoms with Crippen LogP contribution in [0.2, 0.25) is 5.15 Å². The normalized spacial score (nSPS) is 12.3. The zero-order valence-corrected chi connectivity index (χ0v) is 16.5. The van der Waals surface area contributed by atoms with Crippen molar-refractivity contribution in [2.24, 2.45) is 5.10 Å². The van der Waals surface area contributed by atoms with E-state index < -0.39 is 0 Å². The summed E-state index contributed by atoms with van der Waals surface area (Å²) in [6.07, 6.45) is 1.53. The Morgan fingerprint density at radius 2 is 1.81 bits per heavy atom. The topological polar surface area (TPSA) is 59.3 Å². The minimum absolute atomic E-state index is 0.177. The number of thioether (sulfide) groups is 1. The van der Waals surface area contributed by atoms with Gasteiger partial charge >= 0.3 is 0 Å². The lowest BCUT2D eigenvalue weighted by Crippen LogP contribution is -2.26. The number of hydrazone groups is 1. The van der Waals surface area contributed by atoms with Gasteiger partial charge in [0.1, 0.15) is 0 Å². The van der Waals surface area contributed by atoms with Crippen LogP contribution in [0.5, 0.6) is 0 Å². The number of hydrogen-bond acceptors (Lipinski definition) is 4. The monoisotopic (exact) mass is 398 g/mol. The van der Waals surface area contributed by atoms with E-state index in [9.17, 15) is 4.79 Å². The van der Waals surface area contributed by atoms with Crippen molar-refractivity contribution in [2.45, 2.75) is 24.0 Å². The van der Waals surface area contributed by atoms with Crippen LogP contribution < -0.4 is 5.43 Å². The van der Waals surface area contributed by atoms with Gasteiger partial charge in [0.15, 0.2) is 5.15 Å². The number of hydrogen-bond donors (Lipinski definition) is 1. The van der Waals surface area contributed by atoms with E-state index in [1.165, 1.54) is 18.0 Å². The third-order valence-corrected chi connectivity index (χ3v) is 5.30. The highest BCUT2D eigenvalue weighted by Crippen LogP contribution is 2.23. The quantitative estimate of drug-likeness (QED) is 0.378. The molecule has 1 heterocycles. The number of carbonyl (C=O) groups excluding carboxylic acids is 1. The zero-order valence-electron chi connectivity index (χ0n) is 15.0. The molecular weight excluding hydrogens is 380 g/mol. The van der Waals surface area contributed by atoms with E-state index in [-0.39, 0.29) is 11.2 Å². The van der Waals surface area contributed by atoms with Crippen LogP contribution in [0.1, 0.15) is 18.2 Å². The second-order valence-corrected chi connectivity index (χ2v) is 7.62. The lowest BCUT2D eigenvalue weighted by atomic mass is 10.2. The second-order valence-electron chi connectivity index (χ2n) is 5.84. The summed E-state index contributed by atoms with van der Waals surface area (Å²) in [4.78, 5) is 13.3. The Balaban J connectivity index is 1.66. The molecule has 0 saturated carbocycles. The van der Waals surface area contributed by atoms with E-state index in [1.807, 2.05) is 74.5 Å². The highest BCUT2D eigenvalue weighted by Gasteiger charge is 2.15. The fourth-order valence-corrected chi connectivity index (χ4v) is 3.60. The summed E-state index contributed by atoms with van der Waals surface area (Å²) >= 11 is 7.72. The predicted octanol–water partition coefficient (Wildman–Crippen LogP) is 4.47. The third kappa shape index (κ3) is 4.78. The maximum absolute atomic E-state index is 12.2. The molecule has 0 unspecified atom stereocenters. The Hall–Kier alpha value is -2.57. The molecule has 1 N–H and O–H groups in total. The molecule has 0 aliphatic carbocycles. The highest BCUT2D eigenvalue weighted by atomic mass is 35.5. The number of amides is 1. The van der Waals surface area contributed by atoms with Crippen LogP contribution in [0, 0.1) is 6.92 Å². The third-order valence-electron chi connectivity index (χ3n) is 3.91. The maximum atomic E-state index is 12.2. The molecule has 5 nitrogen and oxygen atoms in total. The molecule has 2 aromatic carbocycles. The van der Waals surface area contributed by atoms with Crippen molar-refractivity contribution in [1.82, 2.24) is 15.2 Å². The number of rotatable bonds is 6. The summed E-state index contributed by atoms with van der Waals surface area (Å²) < 4.78 is 1.75. The maximum Gasteiger partial charge on any atom is 0.253 e. The average molecular weight is 399 g/mol. The fraction of sp³-hybridized carbons (Fsp3) is 0.150. The smallest absolute Gasteiger partial charge is 0.253 e. The number of aromatic nitrogens is 2. The van der Waals surface area contributed by atoms with Crippen LogP contribution in [-0.4, -0.2) is 27.2 Å². The van der Waals surface area contributed by atoms with Gasteiger partial charge < -0.3 is 0 Å². The van der Waals surface area contributed by atoms with E-state index in [0.717, 1.165) is 16.3 Å². The molecule has 0 radical (unpaired) electrons. The van der Waals surface area contributed by atoms with Crippen molar-refractivity contribution in [1.29, 1.82) is 0 Å². The van der Waals surface area contributed by atoms with Crippen molar-refractivity contribution >= 4 is 35.5 Å². The van der Waals surface area contributed by atoms with Crippen molar-refractivity contribution in [3.63, 3.8) is 0 Å². The van der Waals surface area contributed by atoms with Gasteiger partial charge in [-0.15, -0.1) is 11.8 Å². The summed E-state index contributed by atoms with van der Waals surface area (Å²) in [6, 6.07) is 19.5. The minimum Gasteiger partial charge on any atom is -0.272 e. The predicted molar refractivity (Wildman–Crippen MR) is 111 cm³/mol. The second kappa shape index (κ2) is 8.88. The summed E-state index contributed by atoms with van der Waals surface area (Å²) in [5, 5.41) is 8.46. The first-order chi connectivity index (χ1) is 13.1. The van der Waals surface area contributed by atoms with E-state index >= 15 is 0 Å². The van der Waals surface area contributed by atoms with E-state index in [4.69, 9.17) is 11.6 Å². The van der Waals surface area contributed by atoms with E-state index in [0.29, 0.717) is 10.7 Å². The number of nitrogens with zero attached hydrogens (tertiary/aromatic N) is 3. The van der Waals surface area contributed by atoms with Crippen molar-refractivity contribution < 1.29 is 4.79 Å². The van der Waals surface area contributed by atoms with Crippen molar-refractivity contribution in [3.8, 4) is 5.69 Å². The van der Waals surface area contributed by atoms with Gasteiger partial charge in [0, 0.05) is 4.90 Å². The molecule has 0 bridgehead atoms. The first-order valence-corrected chi connectivity index (χ1v) is 9.67. The molecule has 3 rings (SSSR count). The van der Waals surface area contributed by atoms with Gasteiger partial charge in [-0.1, -0.05) is 48.0 Å². The molecule has 0 spiro atoms. The van der Waals surface area contributed by atoms with Gasteiger partial charge in [0.2, 0.25) is 0 Å². The summed E-state index contributed by atoms with van der Waals surface area (Å²) in [5.41, 5.74) is 4.99. The molecule has 1 atom stereocenters. The Kier molecular flexibility index (Phi) is 6.32. The van der Waals surface area contributed by atoms with Crippen LogP contribution >= 0.6 is 23.4 Å². The van der Waals surface area contributed by atoms with Gasteiger partial charge in [-0.2, -0.15) is 10.2 Å². The minimum atomic E-state index is -0.270. The molecule has 3 aromatic rings. The van der Waals surface area contributed by atoms with Crippen LogP contribution in [0.15, 0.2) is 70.7 Å². The van der Waals surface area contributed by atoms with Crippen LogP contribution in [0.4, 0.5) is 0 Å². The molecule has 1 aromatic heterocycles. The molecule has 1 amide bonds. The summed E-state index contributed by atoms with van der Waals surface area (Å²) in [7, 11) is 0. The number of carbonyl (C=O) groups is 1. The molecule has 7 heteroatoms. The number of nitrogens with one attached hydrogen (secondary N) is 1. The van der Waals surface area contributed by atoms with Crippen LogP contribution in [0.25, 0.3) is 5.69 Å². The highest BCUT2D eigenvalue weighted by molar-refractivity contribution is 8.00. The lowest BCUT2D eigenvalue weighted by molar-refractivity contribution is -0.120. The first kappa shape index (κ1) is 19.2. The Morgan fingerprint density at radius 3 is 2.48 bits per heavy atom. The Morgan fingerprint density at radius 1 is 1.19 bits per heavy atom. The van der Waals surface area contributed by atoms with Gasteiger partial charge in [-0.3, -0.25) is 4.79 Å². The van der Waals surface area contributed by atoms with Crippen molar-refractivity contribution in [3.05, 3.63) is 77.1 Å². The lowest BCUT2D eigenvalue weighted by Gasteiger charge is -2.09. The van der Waals surface area contributed by atoms with Crippen molar-refractivity contribution in [2.75, 3.05) is 0 Å². The Labute approximate surface area is 167 Å². The molecule has 0 fully saturated rings. The van der Waals surface area contributed by atoms with Crippen LogP contribution in [-0.2, 0) is 4.79 Å². The standard InChI is InChI=1S/C20H19ClN4OS/c1-14-18(19(21)24-25(14)16-9-5-3-6-10-16)13-22-23-20(26)15(2)27-17-11-7-4-8-12-17/h3-13,15H,1-2H3,(H,23,26)/b22-13-/t15-/m1/s1. The number of benzene rings is 2. The average Bonchev–Trinajstić information content (AvgIpc) is 2.97. The number of para-hydroxylation sites is 1. The molecule has 138 valence electrons. The molecular formula is C20H19ClN4OS. The largest absolute Gasteiger partial charge is 0.272 e. The molecule has 0 saturated heterocycles. The SMILES string of the molecule is Cc1c(/C=N\NC(=O)[C@@H](C)Sc2ccccc2)c(Cl)nn1-c1ccccc1. The fourth-order valence-electron chi connectivity index (χ4n) is 2.46. The van der Waals surface area contributed by atoms with Crippen LogP contribution in [0.3, 0.4) is 0 Å². The van der Waals surface area contributed by atoms with Gasteiger partial charge in [-0.25, -0.2) is 10.1 Å². The Bertz CT molecular complexity index is 941. The van der Waals surface area contributed by atoms with E-state index in [2.05, 4.69) is 15.6 Å². The van der Waals surface area contributed by atoms with Gasteiger partial charge in [-0.05, 0) is 38.1 Å². The molecule has 0 aliphatic heterocycles.